The topological polar surface area (TPSA) is 80.7 Å². The average molecular weight is 435 g/mol. The van der Waals surface area contributed by atoms with Gasteiger partial charge in [0.1, 0.15) is 5.67 Å². The van der Waals surface area contributed by atoms with Crippen LogP contribution in [0.4, 0.5) is 4.39 Å². The van der Waals surface area contributed by atoms with Crippen molar-refractivity contribution in [2.24, 2.45) is 28.6 Å². The van der Waals surface area contributed by atoms with Crippen LogP contribution >= 0.6 is 0 Å². The van der Waals surface area contributed by atoms with Crippen molar-refractivity contribution in [3.8, 4) is 0 Å². The smallest absolute Gasteiger partial charge is 0.306 e. The summed E-state index contributed by atoms with van der Waals surface area (Å²) < 4.78 is 23.1. The highest BCUT2D eigenvalue weighted by Crippen LogP contribution is 2.71. The molecule has 0 amide bonds. The van der Waals surface area contributed by atoms with Gasteiger partial charge in [-0.15, -0.1) is 0 Å². The van der Waals surface area contributed by atoms with Crippen molar-refractivity contribution in [2.45, 2.75) is 96.9 Å². The van der Waals surface area contributed by atoms with E-state index in [2.05, 4.69) is 0 Å². The molecule has 0 saturated heterocycles. The third-order valence-electron chi connectivity index (χ3n) is 9.67. The van der Waals surface area contributed by atoms with E-state index in [1.54, 1.807) is 13.0 Å². The maximum atomic E-state index is 17.2. The SMILES string of the molecule is CCC(=O)O[C@@]1(C(C)=O)[C@@H](C)C[C@H]2[C@@H]3CCC4=CC(=O)CC[C@]4(C)[C@@]3(F)[C@@H](O)C[C@@]21C. The van der Waals surface area contributed by atoms with Gasteiger partial charge in [0.05, 0.1) is 6.10 Å². The lowest BCUT2D eigenvalue weighted by atomic mass is 9.43. The predicted molar refractivity (Wildman–Crippen MR) is 113 cm³/mol. The zero-order valence-corrected chi connectivity index (χ0v) is 19.3. The lowest BCUT2D eigenvalue weighted by Crippen LogP contribution is -2.70. The first kappa shape index (κ1) is 22.6. The van der Waals surface area contributed by atoms with Crippen molar-refractivity contribution in [2.75, 3.05) is 0 Å². The molecule has 8 atom stereocenters. The number of aliphatic hydroxyl groups excluding tert-OH is 1. The van der Waals surface area contributed by atoms with E-state index < -0.39 is 40.1 Å². The van der Waals surface area contributed by atoms with Crippen LogP contribution in [-0.4, -0.2) is 40.0 Å². The number of alkyl halides is 1. The molecule has 6 heteroatoms. The number of carbonyl (C=O) groups excluding carboxylic acids is 3. The highest BCUT2D eigenvalue weighted by molar-refractivity contribution is 5.92. The monoisotopic (exact) mass is 434 g/mol. The van der Waals surface area contributed by atoms with E-state index in [1.165, 1.54) is 6.92 Å². The van der Waals surface area contributed by atoms with Gasteiger partial charge in [0.2, 0.25) is 0 Å². The Bertz CT molecular complexity index is 866. The van der Waals surface area contributed by atoms with Gasteiger partial charge in [0.15, 0.2) is 17.2 Å². The number of ether oxygens (including phenoxy) is 1. The Morgan fingerprint density at radius 2 is 1.94 bits per heavy atom. The van der Waals surface area contributed by atoms with E-state index in [1.807, 2.05) is 20.8 Å². The number of allylic oxidation sites excluding steroid dienone is 1. The van der Waals surface area contributed by atoms with Crippen LogP contribution in [0.2, 0.25) is 0 Å². The molecule has 4 rings (SSSR count). The molecule has 0 bridgehead atoms. The summed E-state index contributed by atoms with van der Waals surface area (Å²) in [5.41, 5.74) is -4.15. The first-order valence-corrected chi connectivity index (χ1v) is 11.7. The second-order valence-electron chi connectivity index (χ2n) is 10.9. The van der Waals surface area contributed by atoms with Gasteiger partial charge >= 0.3 is 5.97 Å². The summed E-state index contributed by atoms with van der Waals surface area (Å²) in [4.78, 5) is 37.5. The zero-order valence-electron chi connectivity index (χ0n) is 19.3. The largest absolute Gasteiger partial charge is 0.450 e. The van der Waals surface area contributed by atoms with Crippen molar-refractivity contribution in [1.82, 2.24) is 0 Å². The summed E-state index contributed by atoms with van der Waals surface area (Å²) >= 11 is 0. The predicted octanol–water partition coefficient (Wildman–Crippen LogP) is 4.11. The number of carbonyl (C=O) groups is 3. The van der Waals surface area contributed by atoms with Gasteiger partial charge < -0.3 is 9.84 Å². The fourth-order valence-corrected chi connectivity index (χ4v) is 8.18. The number of aliphatic hydroxyl groups is 1. The normalized spacial score (nSPS) is 48.9. The van der Waals surface area contributed by atoms with Crippen LogP contribution in [0.5, 0.6) is 0 Å². The molecule has 0 radical (unpaired) electrons. The maximum absolute atomic E-state index is 17.2. The average Bonchev–Trinajstić information content (AvgIpc) is 2.91. The van der Waals surface area contributed by atoms with E-state index in [9.17, 15) is 19.5 Å². The maximum Gasteiger partial charge on any atom is 0.306 e. The Hall–Kier alpha value is -1.56. The molecule has 31 heavy (non-hydrogen) atoms. The Morgan fingerprint density at radius 3 is 2.55 bits per heavy atom. The molecule has 4 aliphatic carbocycles. The van der Waals surface area contributed by atoms with Crippen molar-refractivity contribution in [1.29, 1.82) is 0 Å². The molecule has 172 valence electrons. The van der Waals surface area contributed by atoms with E-state index in [0.717, 1.165) is 5.57 Å². The summed E-state index contributed by atoms with van der Waals surface area (Å²) in [6, 6.07) is 0. The number of ketones is 2. The number of rotatable bonds is 3. The van der Waals surface area contributed by atoms with Crippen molar-refractivity contribution in [3.63, 3.8) is 0 Å². The number of esters is 1. The van der Waals surface area contributed by atoms with Crippen LogP contribution in [0.3, 0.4) is 0 Å². The van der Waals surface area contributed by atoms with Gasteiger partial charge in [-0.05, 0) is 51.0 Å². The minimum atomic E-state index is -1.87. The first-order valence-electron chi connectivity index (χ1n) is 11.7. The molecule has 0 heterocycles. The van der Waals surface area contributed by atoms with Gasteiger partial charge in [-0.25, -0.2) is 4.39 Å². The Morgan fingerprint density at radius 1 is 1.26 bits per heavy atom. The summed E-state index contributed by atoms with van der Waals surface area (Å²) in [5, 5.41) is 11.4. The van der Waals surface area contributed by atoms with Gasteiger partial charge in [0.25, 0.3) is 0 Å². The van der Waals surface area contributed by atoms with Crippen LogP contribution in [0.25, 0.3) is 0 Å². The molecule has 0 unspecified atom stereocenters. The quantitative estimate of drug-likeness (QED) is 0.676. The molecule has 0 spiro atoms. The molecule has 0 aliphatic heterocycles. The first-order chi connectivity index (χ1) is 14.4. The second-order valence-corrected chi connectivity index (χ2v) is 10.9. The van der Waals surface area contributed by atoms with Gasteiger partial charge in [0, 0.05) is 35.5 Å². The van der Waals surface area contributed by atoms with E-state index in [-0.39, 0.29) is 42.7 Å². The summed E-state index contributed by atoms with van der Waals surface area (Å²) in [6.45, 7) is 8.82. The Labute approximate surface area is 183 Å². The van der Waals surface area contributed by atoms with Crippen molar-refractivity contribution in [3.05, 3.63) is 11.6 Å². The summed E-state index contributed by atoms with van der Waals surface area (Å²) in [6.07, 6.45) is 2.90. The fourth-order valence-electron chi connectivity index (χ4n) is 8.18. The standard InChI is InChI=1S/C25H35FO5/c1-6-21(30)31-25(15(3)27)14(2)11-19-18-8-7-16-12-17(28)9-10-22(16,4)24(18,26)20(29)13-23(19,25)5/h12,14,18-20,29H,6-11,13H2,1-5H3/t14-,18-,19-,20-,22-,23-,24-,25+/m0/s1. The Balaban J connectivity index is 1.83. The van der Waals surface area contributed by atoms with Crippen LogP contribution in [0, 0.1) is 28.6 Å². The van der Waals surface area contributed by atoms with E-state index in [4.69, 9.17) is 4.74 Å². The third-order valence-corrected chi connectivity index (χ3v) is 9.67. The minimum Gasteiger partial charge on any atom is -0.450 e. The molecule has 0 aromatic rings. The molecule has 3 saturated carbocycles. The Kier molecular flexibility index (Phi) is 5.09. The third kappa shape index (κ3) is 2.60. The van der Waals surface area contributed by atoms with Crippen LogP contribution in [-0.2, 0) is 19.1 Å². The molecule has 3 fully saturated rings. The van der Waals surface area contributed by atoms with Crippen LogP contribution in [0.15, 0.2) is 11.6 Å². The molecular weight excluding hydrogens is 399 g/mol. The van der Waals surface area contributed by atoms with Gasteiger partial charge in [-0.3, -0.25) is 14.4 Å². The number of hydrogen-bond acceptors (Lipinski definition) is 5. The second kappa shape index (κ2) is 6.97. The van der Waals surface area contributed by atoms with E-state index >= 15 is 4.39 Å². The molecule has 1 N–H and O–H groups in total. The molecule has 5 nitrogen and oxygen atoms in total. The molecule has 4 aliphatic rings. The lowest BCUT2D eigenvalue weighted by Gasteiger charge is -2.63. The number of fused-ring (bicyclic) bond motifs is 5. The molecule has 0 aromatic carbocycles. The summed E-state index contributed by atoms with van der Waals surface area (Å²) in [7, 11) is 0. The minimum absolute atomic E-state index is 0.0289. The molecular formula is C25H35FO5. The summed E-state index contributed by atoms with van der Waals surface area (Å²) in [5.74, 6) is -1.55. The number of halogens is 1. The van der Waals surface area contributed by atoms with Crippen molar-refractivity contribution < 1.29 is 28.6 Å². The van der Waals surface area contributed by atoms with Crippen LogP contribution < -0.4 is 0 Å². The fraction of sp³-hybridized carbons (Fsp3) is 0.800. The zero-order chi connectivity index (χ0) is 23.0. The highest BCUT2D eigenvalue weighted by atomic mass is 19.1. The van der Waals surface area contributed by atoms with Crippen molar-refractivity contribution >= 4 is 17.5 Å². The van der Waals surface area contributed by atoms with Gasteiger partial charge in [-0.1, -0.05) is 33.3 Å². The van der Waals surface area contributed by atoms with E-state index in [0.29, 0.717) is 25.7 Å². The van der Waals surface area contributed by atoms with Gasteiger partial charge in [-0.2, -0.15) is 0 Å². The highest BCUT2D eigenvalue weighted by Gasteiger charge is 2.76. The number of Topliss-reactive ketones (excluding diaryl/α,β-unsaturated/α-hetero) is 1. The van der Waals surface area contributed by atoms with Crippen LogP contribution in [0.1, 0.15) is 79.6 Å². The lowest BCUT2D eigenvalue weighted by molar-refractivity contribution is -0.234. The molecule has 0 aromatic heterocycles. The number of hydrogen-bond donors (Lipinski definition) is 1.